The number of nitrogen functional groups attached to an aromatic ring is 1. The zero-order valence-corrected chi connectivity index (χ0v) is 14.0. The highest BCUT2D eigenvalue weighted by Crippen LogP contribution is 2.34. The Bertz CT molecular complexity index is 1280. The molecule has 3 N–H and O–H groups in total. The van der Waals surface area contributed by atoms with Gasteiger partial charge in [0.05, 0.1) is 9.79 Å². The summed E-state index contributed by atoms with van der Waals surface area (Å²) in [6.07, 6.45) is 0. The van der Waals surface area contributed by atoms with Crippen LogP contribution in [0.5, 0.6) is 0 Å². The zero-order valence-electron chi connectivity index (χ0n) is 12.4. The van der Waals surface area contributed by atoms with Gasteiger partial charge in [-0.1, -0.05) is 0 Å². The first-order chi connectivity index (χ1) is 11.9. The molecule has 1 aromatic heterocycles. The van der Waals surface area contributed by atoms with Crippen LogP contribution in [0.1, 0.15) is 11.1 Å². The summed E-state index contributed by atoms with van der Waals surface area (Å²) in [5, 5.41) is 18.4. The van der Waals surface area contributed by atoms with Gasteiger partial charge in [0, 0.05) is 11.1 Å². The summed E-state index contributed by atoms with van der Waals surface area (Å²) in [6.45, 7) is 0. The first-order valence-electron chi connectivity index (χ1n) is 6.34. The van der Waals surface area contributed by atoms with Gasteiger partial charge in [-0.25, -0.2) is 16.8 Å². The van der Waals surface area contributed by atoms with Gasteiger partial charge >= 0.3 is 0 Å². The monoisotopic (exact) mass is 394 g/mol. The molecule has 0 unspecified atom stereocenters. The normalized spacial score (nSPS) is 11.5. The molecule has 0 radical (unpaired) electrons. The average Bonchev–Trinajstić information content (AvgIpc) is 2.52. The number of hydrogen-bond donors (Lipinski definition) is 2. The molecule has 0 spiro atoms. The molecule has 0 aliphatic heterocycles. The largest absolute Gasteiger partial charge is 0.744 e. The minimum Gasteiger partial charge on any atom is -0.744 e. The van der Waals surface area contributed by atoms with Crippen molar-refractivity contribution in [2.45, 2.75) is 9.79 Å². The van der Waals surface area contributed by atoms with Crippen LogP contribution in [-0.2, 0) is 20.2 Å². The van der Waals surface area contributed by atoms with Crippen molar-refractivity contribution in [3.05, 3.63) is 39.7 Å². The molecule has 0 saturated heterocycles. The summed E-state index contributed by atoms with van der Waals surface area (Å²) < 4.78 is 68.1. The molecule has 2 aromatic rings. The molecule has 26 heavy (non-hydrogen) atoms. The third kappa shape index (κ3) is 3.28. The maximum absolute atomic E-state index is 11.9. The number of nitrogens with two attached hydrogens (primary N) is 1. The number of nitriles is 2. The van der Waals surface area contributed by atoms with E-state index in [1.807, 2.05) is 4.98 Å². The fourth-order valence-electron chi connectivity index (χ4n) is 2.19. The molecule has 0 aliphatic carbocycles. The summed E-state index contributed by atoms with van der Waals surface area (Å²) >= 11 is 0. The SMILES string of the molecule is N#Cc1c(N)[nH]c(=O)c(C#N)c1-c1cc(S(=O)(=O)[O-])ccc1S(=O)(=O)[O-]. The quantitative estimate of drug-likeness (QED) is 0.615. The Hall–Kier alpha value is -3.23. The minimum absolute atomic E-state index is 0.489. The van der Waals surface area contributed by atoms with Crippen LogP contribution in [0.25, 0.3) is 11.1 Å². The number of H-pyrrole nitrogens is 1. The number of aromatic amines is 1. The van der Waals surface area contributed by atoms with E-state index in [-0.39, 0.29) is 0 Å². The van der Waals surface area contributed by atoms with E-state index in [2.05, 4.69) is 0 Å². The van der Waals surface area contributed by atoms with E-state index in [0.717, 1.165) is 0 Å². The van der Waals surface area contributed by atoms with Crippen molar-refractivity contribution < 1.29 is 25.9 Å². The van der Waals surface area contributed by atoms with Gasteiger partial charge in [0.15, 0.2) is 0 Å². The highest BCUT2D eigenvalue weighted by Gasteiger charge is 2.23. The summed E-state index contributed by atoms with van der Waals surface area (Å²) in [7, 11) is -10.3. The standard InChI is InChI=1S/C13H8N4O7S2/c14-4-8-11(9(5-15)13(18)17-12(8)16)7-3-6(25(19,20)21)1-2-10(7)26(22,23)24/h1-3H,(H3,16,17,18)(H,19,20,21)(H,22,23,24)/p-2. The number of nitrogens with zero attached hydrogens (tertiary/aromatic N) is 2. The molecule has 0 atom stereocenters. The van der Waals surface area contributed by atoms with Crippen LogP contribution in [0, 0.1) is 22.7 Å². The lowest BCUT2D eigenvalue weighted by molar-refractivity contribution is 0.459. The lowest BCUT2D eigenvalue weighted by Gasteiger charge is -2.18. The Labute approximate surface area is 146 Å². The number of aromatic nitrogens is 1. The summed E-state index contributed by atoms with van der Waals surface area (Å²) in [6, 6.07) is 4.55. The van der Waals surface area contributed by atoms with Gasteiger partial charge in [-0.2, -0.15) is 10.5 Å². The van der Waals surface area contributed by atoms with E-state index in [1.165, 1.54) is 12.1 Å². The molecule has 0 amide bonds. The lowest BCUT2D eigenvalue weighted by atomic mass is 9.96. The molecule has 134 valence electrons. The topological polar surface area (TPSA) is 221 Å². The number of hydrogen-bond acceptors (Lipinski definition) is 10. The van der Waals surface area contributed by atoms with Gasteiger partial charge in [-0.05, 0) is 18.2 Å². The Morgan fingerprint density at radius 1 is 1.00 bits per heavy atom. The number of anilines is 1. The van der Waals surface area contributed by atoms with E-state index in [4.69, 9.17) is 11.0 Å². The number of benzene rings is 1. The second-order valence-electron chi connectivity index (χ2n) is 4.78. The van der Waals surface area contributed by atoms with Crippen molar-refractivity contribution >= 4 is 26.1 Å². The average molecular weight is 394 g/mol. The molecule has 0 aliphatic rings. The fraction of sp³-hybridized carbons (Fsp3) is 0. The second-order valence-corrected chi connectivity index (χ2v) is 7.51. The van der Waals surface area contributed by atoms with Crippen LogP contribution in [-0.4, -0.2) is 30.9 Å². The summed E-state index contributed by atoms with van der Waals surface area (Å²) in [5.41, 5.74) is 1.56. The summed E-state index contributed by atoms with van der Waals surface area (Å²) in [5.74, 6) is -0.545. The Morgan fingerprint density at radius 3 is 2.04 bits per heavy atom. The van der Waals surface area contributed by atoms with E-state index >= 15 is 0 Å². The van der Waals surface area contributed by atoms with E-state index in [1.54, 1.807) is 0 Å². The molecule has 0 bridgehead atoms. The molecule has 2 rings (SSSR count). The molecule has 11 nitrogen and oxygen atoms in total. The molecule has 0 fully saturated rings. The van der Waals surface area contributed by atoms with Crippen molar-refractivity contribution in [2.24, 2.45) is 0 Å². The van der Waals surface area contributed by atoms with Gasteiger partial charge in [-0.15, -0.1) is 0 Å². The number of pyridine rings is 1. The lowest BCUT2D eigenvalue weighted by Crippen LogP contribution is -2.17. The van der Waals surface area contributed by atoms with Crippen molar-refractivity contribution in [1.82, 2.24) is 4.98 Å². The van der Waals surface area contributed by atoms with Gasteiger partial charge in [-0.3, -0.25) is 4.79 Å². The van der Waals surface area contributed by atoms with Crippen LogP contribution < -0.4 is 11.3 Å². The molecule has 0 saturated carbocycles. The maximum atomic E-state index is 11.9. The van der Waals surface area contributed by atoms with Crippen LogP contribution in [0.15, 0.2) is 32.8 Å². The fourth-order valence-corrected chi connectivity index (χ4v) is 3.35. The van der Waals surface area contributed by atoms with Crippen LogP contribution in [0.2, 0.25) is 0 Å². The van der Waals surface area contributed by atoms with Gasteiger partial charge in [0.2, 0.25) is 0 Å². The maximum Gasteiger partial charge on any atom is 0.268 e. The first-order valence-corrected chi connectivity index (χ1v) is 9.15. The van der Waals surface area contributed by atoms with Crippen LogP contribution in [0.4, 0.5) is 5.82 Å². The van der Waals surface area contributed by atoms with E-state index in [0.29, 0.717) is 18.2 Å². The molecule has 13 heteroatoms. The predicted molar refractivity (Wildman–Crippen MR) is 82.3 cm³/mol. The highest BCUT2D eigenvalue weighted by molar-refractivity contribution is 7.86. The number of rotatable bonds is 3. The predicted octanol–water partition coefficient (Wildman–Crippen LogP) is -0.824. The van der Waals surface area contributed by atoms with Gasteiger partial charge in [0.1, 0.15) is 49.3 Å². The van der Waals surface area contributed by atoms with Crippen molar-refractivity contribution in [3.63, 3.8) is 0 Å². The summed E-state index contributed by atoms with van der Waals surface area (Å²) in [4.78, 5) is 11.9. The Kier molecular flexibility index (Phi) is 4.59. The second kappa shape index (κ2) is 6.25. The number of nitrogens with one attached hydrogen (secondary N) is 1. The molecule has 1 heterocycles. The molecular formula is C13H6N4O7S2-2. The van der Waals surface area contributed by atoms with Crippen molar-refractivity contribution in [2.75, 3.05) is 5.73 Å². The first kappa shape index (κ1) is 19.1. The van der Waals surface area contributed by atoms with E-state index in [9.17, 15) is 36.0 Å². The van der Waals surface area contributed by atoms with Crippen LogP contribution in [0.3, 0.4) is 0 Å². The van der Waals surface area contributed by atoms with Crippen molar-refractivity contribution in [3.8, 4) is 23.3 Å². The minimum atomic E-state index is -5.24. The molecule has 1 aromatic carbocycles. The van der Waals surface area contributed by atoms with Gasteiger partial charge < -0.3 is 19.8 Å². The Balaban J connectivity index is 3.18. The zero-order chi connectivity index (χ0) is 19.9. The van der Waals surface area contributed by atoms with Gasteiger partial charge in [0.25, 0.3) is 5.56 Å². The van der Waals surface area contributed by atoms with Crippen LogP contribution >= 0.6 is 0 Å². The smallest absolute Gasteiger partial charge is 0.268 e. The third-order valence-corrected chi connectivity index (χ3v) is 4.97. The highest BCUT2D eigenvalue weighted by atomic mass is 32.2. The molecular weight excluding hydrogens is 388 g/mol. The third-order valence-electron chi connectivity index (χ3n) is 3.25. The van der Waals surface area contributed by atoms with E-state index < -0.39 is 63.7 Å². The Morgan fingerprint density at radius 2 is 1.58 bits per heavy atom. The van der Waals surface area contributed by atoms with Crippen molar-refractivity contribution in [1.29, 1.82) is 10.5 Å².